The Morgan fingerprint density at radius 3 is 2.22 bits per heavy atom. The second-order valence-electron chi connectivity index (χ2n) is 9.29. The summed E-state index contributed by atoms with van der Waals surface area (Å²) in [5.74, 6) is -1.78. The van der Waals surface area contributed by atoms with E-state index in [4.69, 9.17) is 28.4 Å². The Morgan fingerprint density at radius 1 is 0.946 bits per heavy atom. The lowest BCUT2D eigenvalue weighted by Crippen LogP contribution is -2.62. The molecule has 210 valence electrons. The van der Waals surface area contributed by atoms with E-state index in [-0.39, 0.29) is 18.6 Å². The lowest BCUT2D eigenvalue weighted by atomic mass is 9.76. The van der Waals surface area contributed by atoms with Gasteiger partial charge in [-0.15, -0.1) is 6.58 Å². The van der Waals surface area contributed by atoms with Gasteiger partial charge in [-0.05, 0) is 0 Å². The highest BCUT2D eigenvalue weighted by Crippen LogP contribution is 2.42. The first-order valence-electron chi connectivity index (χ1n) is 11.7. The average Bonchev–Trinajstić information content (AvgIpc) is 2.87. The maximum Gasteiger partial charge on any atom is 0.340 e. The molecule has 4 aliphatic rings. The predicted molar refractivity (Wildman–Crippen MR) is 115 cm³/mol. The zero-order valence-corrected chi connectivity index (χ0v) is 19.6. The third kappa shape index (κ3) is 5.15. The minimum atomic E-state index is -1.79. The summed E-state index contributed by atoms with van der Waals surface area (Å²) < 4.78 is 32.3. The zero-order chi connectivity index (χ0) is 27.1. The summed E-state index contributed by atoms with van der Waals surface area (Å²) in [4.78, 5) is 12.1. The SMILES string of the molecule is C=C[C@H]1[C@H](O[C@@H]2O[C@H](CO[C@H]3O[C@H](CO)[C@@H](O)[C@H](O)[C@@H]3O)[C@@H](O)[C@H](O)[C@H]2O)OC=C2C(=O)OCC[C@]21O. The highest BCUT2D eigenvalue weighted by Gasteiger charge is 2.55. The lowest BCUT2D eigenvalue weighted by Gasteiger charge is -2.47. The van der Waals surface area contributed by atoms with Crippen molar-refractivity contribution in [3.63, 3.8) is 0 Å². The molecule has 0 amide bonds. The van der Waals surface area contributed by atoms with Crippen molar-refractivity contribution in [3.05, 3.63) is 24.5 Å². The van der Waals surface area contributed by atoms with Gasteiger partial charge in [-0.2, -0.15) is 0 Å². The van der Waals surface area contributed by atoms with Gasteiger partial charge in [0.15, 0.2) is 12.6 Å². The van der Waals surface area contributed by atoms with Crippen LogP contribution in [0.1, 0.15) is 6.42 Å². The van der Waals surface area contributed by atoms with Crippen molar-refractivity contribution >= 4 is 5.97 Å². The minimum absolute atomic E-state index is 0.0233. The molecule has 8 N–H and O–H groups in total. The number of ether oxygens (including phenoxy) is 6. The fraction of sp³-hybridized carbons (Fsp3) is 0.773. The standard InChI is InChI=1S/C22H32O15/c1-2-8-19(33-6-9-18(30)32-4-3-22(8,9)31)37-21-17(29)15(27)13(25)11(36-21)7-34-20-16(28)14(26)12(24)10(5-23)35-20/h2,6,8,10-17,19-21,23-29,31H,1,3-5,7H2/t8-,10+,11+,12+,13+,14-,15-,16-,17+,19-,20-,21-,22+/m0/s1. The Kier molecular flexibility index (Phi) is 8.54. The quantitative estimate of drug-likeness (QED) is 0.113. The van der Waals surface area contributed by atoms with Gasteiger partial charge in [0.2, 0.25) is 6.29 Å². The Labute approximate surface area is 210 Å². The van der Waals surface area contributed by atoms with E-state index >= 15 is 0 Å². The molecule has 0 spiro atoms. The first-order valence-corrected chi connectivity index (χ1v) is 11.7. The molecule has 0 aromatic heterocycles. The molecule has 3 saturated heterocycles. The number of carbonyl (C=O) groups is 1. The van der Waals surface area contributed by atoms with Gasteiger partial charge in [-0.1, -0.05) is 6.08 Å². The summed E-state index contributed by atoms with van der Waals surface area (Å²) in [6.07, 6.45) is -15.0. The minimum Gasteiger partial charge on any atom is -0.471 e. The van der Waals surface area contributed by atoms with Gasteiger partial charge in [0.1, 0.15) is 60.0 Å². The smallest absolute Gasteiger partial charge is 0.340 e. The molecule has 0 bridgehead atoms. The van der Waals surface area contributed by atoms with Gasteiger partial charge < -0.3 is 69.3 Å². The van der Waals surface area contributed by atoms with E-state index in [2.05, 4.69) is 6.58 Å². The molecule has 4 heterocycles. The Balaban J connectivity index is 1.44. The predicted octanol–water partition coefficient (Wildman–Crippen LogP) is -4.65. The molecule has 37 heavy (non-hydrogen) atoms. The summed E-state index contributed by atoms with van der Waals surface area (Å²) >= 11 is 0. The molecule has 4 rings (SSSR count). The van der Waals surface area contributed by atoms with Gasteiger partial charge >= 0.3 is 5.97 Å². The molecule has 3 fully saturated rings. The van der Waals surface area contributed by atoms with Crippen LogP contribution in [0.5, 0.6) is 0 Å². The van der Waals surface area contributed by atoms with Gasteiger partial charge in [-0.3, -0.25) is 0 Å². The molecule has 0 aliphatic carbocycles. The van der Waals surface area contributed by atoms with Gasteiger partial charge in [-0.25, -0.2) is 4.79 Å². The van der Waals surface area contributed by atoms with E-state index in [0.717, 1.165) is 6.26 Å². The summed E-state index contributed by atoms with van der Waals surface area (Å²) in [6.45, 7) is 2.36. The topological polar surface area (TPSA) is 234 Å². The number of carbonyl (C=O) groups excluding carboxylic acids is 1. The van der Waals surface area contributed by atoms with E-state index in [0.29, 0.717) is 0 Å². The maximum atomic E-state index is 12.1. The molecule has 0 unspecified atom stereocenters. The van der Waals surface area contributed by atoms with Crippen LogP contribution in [0.15, 0.2) is 24.5 Å². The second-order valence-corrected chi connectivity index (χ2v) is 9.29. The molecular formula is C22H32O15. The number of aliphatic hydroxyl groups is 8. The van der Waals surface area contributed by atoms with Gasteiger partial charge in [0.05, 0.1) is 32.0 Å². The van der Waals surface area contributed by atoms with Crippen molar-refractivity contribution in [2.24, 2.45) is 5.92 Å². The first-order chi connectivity index (χ1) is 17.5. The summed E-state index contributed by atoms with van der Waals surface area (Å²) in [5, 5.41) is 81.6. The first kappa shape index (κ1) is 28.3. The normalized spacial score (nSPS) is 48.3. The summed E-state index contributed by atoms with van der Waals surface area (Å²) in [5.41, 5.74) is -1.86. The van der Waals surface area contributed by atoms with E-state index < -0.39 is 98.4 Å². The van der Waals surface area contributed by atoms with Crippen LogP contribution in [0.3, 0.4) is 0 Å². The fourth-order valence-corrected chi connectivity index (χ4v) is 4.75. The number of hydrogen-bond acceptors (Lipinski definition) is 15. The number of aliphatic hydroxyl groups excluding tert-OH is 7. The van der Waals surface area contributed by atoms with E-state index in [1.165, 1.54) is 6.08 Å². The third-order valence-corrected chi connectivity index (χ3v) is 7.03. The maximum absolute atomic E-state index is 12.1. The van der Waals surface area contributed by atoms with Crippen LogP contribution >= 0.6 is 0 Å². The highest BCUT2D eigenvalue weighted by atomic mass is 16.8. The third-order valence-electron chi connectivity index (χ3n) is 7.03. The number of rotatable bonds is 7. The van der Waals surface area contributed by atoms with Crippen molar-refractivity contribution in [2.75, 3.05) is 19.8 Å². The number of hydrogen-bond donors (Lipinski definition) is 8. The largest absolute Gasteiger partial charge is 0.471 e. The zero-order valence-electron chi connectivity index (χ0n) is 19.6. The fourth-order valence-electron chi connectivity index (χ4n) is 4.75. The summed E-state index contributed by atoms with van der Waals surface area (Å²) in [7, 11) is 0. The molecule has 0 aromatic rings. The van der Waals surface area contributed by atoms with Crippen molar-refractivity contribution < 1.29 is 74.1 Å². The molecule has 15 heteroatoms. The van der Waals surface area contributed by atoms with Crippen molar-refractivity contribution in [1.29, 1.82) is 0 Å². The van der Waals surface area contributed by atoms with Crippen LogP contribution < -0.4 is 0 Å². The average molecular weight is 536 g/mol. The lowest BCUT2D eigenvalue weighted by molar-refractivity contribution is -0.355. The van der Waals surface area contributed by atoms with Crippen LogP contribution in [0, 0.1) is 5.92 Å². The van der Waals surface area contributed by atoms with E-state index in [1.807, 2.05) is 0 Å². The van der Waals surface area contributed by atoms with Crippen LogP contribution in [-0.2, 0) is 33.2 Å². The van der Waals surface area contributed by atoms with Crippen molar-refractivity contribution in [1.82, 2.24) is 0 Å². The molecular weight excluding hydrogens is 504 g/mol. The molecule has 15 nitrogen and oxygen atoms in total. The Hall–Kier alpha value is -1.73. The summed E-state index contributed by atoms with van der Waals surface area (Å²) in [6, 6.07) is 0. The van der Waals surface area contributed by atoms with Gasteiger partial charge in [0, 0.05) is 6.42 Å². The van der Waals surface area contributed by atoms with Gasteiger partial charge in [0.25, 0.3) is 0 Å². The van der Waals surface area contributed by atoms with Crippen molar-refractivity contribution in [3.8, 4) is 0 Å². The highest BCUT2D eigenvalue weighted by molar-refractivity contribution is 5.91. The van der Waals surface area contributed by atoms with Crippen LogP contribution in [0.4, 0.5) is 0 Å². The second kappa shape index (κ2) is 11.2. The molecule has 0 saturated carbocycles. The molecule has 4 aliphatic heterocycles. The van der Waals surface area contributed by atoms with Crippen LogP contribution in [0.2, 0.25) is 0 Å². The number of fused-ring (bicyclic) bond motifs is 1. The molecule has 13 atom stereocenters. The van der Waals surface area contributed by atoms with Crippen LogP contribution in [-0.4, -0.2) is 140 Å². The van der Waals surface area contributed by atoms with E-state index in [1.54, 1.807) is 0 Å². The van der Waals surface area contributed by atoms with Crippen molar-refractivity contribution in [2.45, 2.75) is 79.7 Å². The Morgan fingerprint density at radius 2 is 1.57 bits per heavy atom. The molecule has 0 aromatic carbocycles. The van der Waals surface area contributed by atoms with E-state index in [9.17, 15) is 45.6 Å². The number of cyclic esters (lactones) is 1. The van der Waals surface area contributed by atoms with Crippen LogP contribution in [0.25, 0.3) is 0 Å². The molecule has 0 radical (unpaired) electrons. The Bertz CT molecular complexity index is 865. The monoisotopic (exact) mass is 536 g/mol. The number of esters is 1.